The molecule has 168 valence electrons. The molecule has 8 heteroatoms. The number of para-hydroxylation sites is 2. The number of imidazole rings is 1. The van der Waals surface area contributed by atoms with Crippen molar-refractivity contribution >= 4 is 34.9 Å². The molecule has 2 N–H and O–H groups in total. The minimum absolute atomic E-state index is 0.202. The number of aromatic amines is 1. The standard InChI is InChI=1S/C25H24N4O3S/c1-2-31-23-14-19(12-13-22(23)32-16-18-8-4-3-5-9-18)15-26-29-24(30)17-33-25-27-20-10-6-7-11-21(20)28-25/h3-15H,2,16-17H2,1H3,(H,27,28)(H,29,30)/b26-15+. The van der Waals surface area contributed by atoms with Gasteiger partial charge < -0.3 is 14.5 Å². The highest BCUT2D eigenvalue weighted by molar-refractivity contribution is 7.99. The van der Waals surface area contributed by atoms with Crippen molar-refractivity contribution in [1.29, 1.82) is 0 Å². The number of carbonyl (C=O) groups is 1. The number of nitrogens with zero attached hydrogens (tertiary/aromatic N) is 2. The van der Waals surface area contributed by atoms with E-state index in [0.717, 1.165) is 22.2 Å². The lowest BCUT2D eigenvalue weighted by molar-refractivity contribution is -0.118. The molecule has 0 saturated heterocycles. The van der Waals surface area contributed by atoms with E-state index in [1.54, 1.807) is 6.21 Å². The Labute approximate surface area is 196 Å². The number of aromatic nitrogens is 2. The van der Waals surface area contributed by atoms with Gasteiger partial charge in [-0.25, -0.2) is 10.4 Å². The summed E-state index contributed by atoms with van der Waals surface area (Å²) >= 11 is 1.33. The van der Waals surface area contributed by atoms with Crippen LogP contribution in [-0.2, 0) is 11.4 Å². The summed E-state index contributed by atoms with van der Waals surface area (Å²) in [5.74, 6) is 1.27. The van der Waals surface area contributed by atoms with Crippen LogP contribution < -0.4 is 14.9 Å². The van der Waals surface area contributed by atoms with Gasteiger partial charge in [0.25, 0.3) is 5.91 Å². The van der Waals surface area contributed by atoms with Crippen LogP contribution in [0.1, 0.15) is 18.1 Å². The molecule has 0 unspecified atom stereocenters. The van der Waals surface area contributed by atoms with Gasteiger partial charge >= 0.3 is 0 Å². The first kappa shape index (κ1) is 22.4. The second kappa shape index (κ2) is 11.2. The van der Waals surface area contributed by atoms with E-state index in [0.29, 0.717) is 29.9 Å². The van der Waals surface area contributed by atoms with Crippen molar-refractivity contribution < 1.29 is 14.3 Å². The lowest BCUT2D eigenvalue weighted by Crippen LogP contribution is -2.19. The molecule has 33 heavy (non-hydrogen) atoms. The third kappa shape index (κ3) is 6.36. The Kier molecular flexibility index (Phi) is 7.60. The summed E-state index contributed by atoms with van der Waals surface area (Å²) in [6.07, 6.45) is 1.58. The Morgan fingerprint density at radius 1 is 1.06 bits per heavy atom. The maximum absolute atomic E-state index is 12.1. The van der Waals surface area contributed by atoms with E-state index in [4.69, 9.17) is 9.47 Å². The van der Waals surface area contributed by atoms with E-state index < -0.39 is 0 Å². The van der Waals surface area contributed by atoms with Gasteiger partial charge in [-0.15, -0.1) is 0 Å². The molecule has 0 atom stereocenters. The number of hydrogen-bond acceptors (Lipinski definition) is 6. The predicted octanol–water partition coefficient (Wildman–Crippen LogP) is 4.78. The number of hydrogen-bond donors (Lipinski definition) is 2. The minimum atomic E-state index is -0.218. The highest BCUT2D eigenvalue weighted by atomic mass is 32.2. The van der Waals surface area contributed by atoms with E-state index in [-0.39, 0.29) is 11.7 Å². The first-order chi connectivity index (χ1) is 16.2. The normalized spacial score (nSPS) is 11.1. The number of ether oxygens (including phenoxy) is 2. The molecule has 4 rings (SSSR count). The van der Waals surface area contributed by atoms with Crippen LogP contribution in [-0.4, -0.2) is 34.4 Å². The zero-order valence-electron chi connectivity index (χ0n) is 18.2. The molecule has 1 amide bonds. The summed E-state index contributed by atoms with van der Waals surface area (Å²) in [7, 11) is 0. The molecular formula is C25H24N4O3S. The molecular weight excluding hydrogens is 436 g/mol. The van der Waals surface area contributed by atoms with Gasteiger partial charge in [-0.05, 0) is 48.4 Å². The van der Waals surface area contributed by atoms with Crippen molar-refractivity contribution in [3.63, 3.8) is 0 Å². The molecule has 3 aromatic carbocycles. The highest BCUT2D eigenvalue weighted by Gasteiger charge is 2.08. The lowest BCUT2D eigenvalue weighted by Gasteiger charge is -2.12. The quantitative estimate of drug-likeness (QED) is 0.202. The van der Waals surface area contributed by atoms with Crippen molar-refractivity contribution in [2.24, 2.45) is 5.10 Å². The van der Waals surface area contributed by atoms with Crippen molar-refractivity contribution in [1.82, 2.24) is 15.4 Å². The number of rotatable bonds is 10. The van der Waals surface area contributed by atoms with E-state index in [2.05, 4.69) is 20.5 Å². The van der Waals surface area contributed by atoms with Crippen LogP contribution >= 0.6 is 11.8 Å². The summed E-state index contributed by atoms with van der Waals surface area (Å²) < 4.78 is 11.6. The number of carbonyl (C=O) groups excluding carboxylic acids is 1. The number of fused-ring (bicyclic) bond motifs is 1. The summed E-state index contributed by atoms with van der Waals surface area (Å²) in [5.41, 5.74) is 6.23. The third-order valence-corrected chi connectivity index (χ3v) is 5.49. The Hall–Kier alpha value is -3.78. The largest absolute Gasteiger partial charge is 0.490 e. The second-order valence-corrected chi connectivity index (χ2v) is 8.02. The van der Waals surface area contributed by atoms with Gasteiger partial charge in [0.05, 0.1) is 29.6 Å². The van der Waals surface area contributed by atoms with Crippen molar-refractivity contribution in [2.75, 3.05) is 12.4 Å². The second-order valence-electron chi connectivity index (χ2n) is 7.05. The minimum Gasteiger partial charge on any atom is -0.490 e. The van der Waals surface area contributed by atoms with Crippen molar-refractivity contribution in [3.05, 3.63) is 83.9 Å². The number of H-pyrrole nitrogens is 1. The summed E-state index contributed by atoms with van der Waals surface area (Å²) in [5, 5.41) is 4.75. The monoisotopic (exact) mass is 460 g/mol. The Morgan fingerprint density at radius 3 is 2.70 bits per heavy atom. The Balaban J connectivity index is 1.30. The maximum atomic E-state index is 12.1. The van der Waals surface area contributed by atoms with E-state index in [1.165, 1.54) is 11.8 Å². The lowest BCUT2D eigenvalue weighted by atomic mass is 10.2. The number of nitrogens with one attached hydrogen (secondary N) is 2. The topological polar surface area (TPSA) is 88.6 Å². The maximum Gasteiger partial charge on any atom is 0.250 e. The first-order valence-electron chi connectivity index (χ1n) is 10.5. The molecule has 0 fully saturated rings. The van der Waals surface area contributed by atoms with E-state index >= 15 is 0 Å². The summed E-state index contributed by atoms with van der Waals surface area (Å²) in [4.78, 5) is 19.8. The SMILES string of the molecule is CCOc1cc(/C=N/NC(=O)CSc2nc3ccccc3[nH]2)ccc1OCc1ccccc1. The highest BCUT2D eigenvalue weighted by Crippen LogP contribution is 2.29. The van der Waals surface area contributed by atoms with Crippen molar-refractivity contribution in [2.45, 2.75) is 18.7 Å². The van der Waals surface area contributed by atoms with Gasteiger partial charge in [0.15, 0.2) is 16.7 Å². The fraction of sp³-hybridized carbons (Fsp3) is 0.160. The number of thioether (sulfide) groups is 1. The fourth-order valence-corrected chi connectivity index (χ4v) is 3.75. The Morgan fingerprint density at radius 2 is 1.88 bits per heavy atom. The van der Waals surface area contributed by atoms with Crippen LogP contribution in [0.4, 0.5) is 0 Å². The average Bonchev–Trinajstić information content (AvgIpc) is 3.26. The van der Waals surface area contributed by atoms with Crippen LogP contribution in [0.2, 0.25) is 0 Å². The summed E-state index contributed by atoms with van der Waals surface area (Å²) in [6, 6.07) is 23.2. The Bertz CT molecular complexity index is 1210. The molecule has 7 nitrogen and oxygen atoms in total. The van der Waals surface area contributed by atoms with Gasteiger partial charge in [-0.1, -0.05) is 54.2 Å². The molecule has 0 aliphatic carbocycles. The van der Waals surface area contributed by atoms with Gasteiger partial charge in [0.1, 0.15) is 6.61 Å². The molecule has 0 spiro atoms. The van der Waals surface area contributed by atoms with E-state index in [9.17, 15) is 4.79 Å². The molecule has 0 aliphatic heterocycles. The zero-order chi connectivity index (χ0) is 22.9. The average molecular weight is 461 g/mol. The van der Waals surface area contributed by atoms with Gasteiger partial charge in [-0.2, -0.15) is 5.10 Å². The number of hydrazone groups is 1. The van der Waals surface area contributed by atoms with Gasteiger partial charge in [-0.3, -0.25) is 4.79 Å². The smallest absolute Gasteiger partial charge is 0.250 e. The molecule has 0 radical (unpaired) electrons. The third-order valence-electron chi connectivity index (χ3n) is 4.62. The van der Waals surface area contributed by atoms with E-state index in [1.807, 2.05) is 79.7 Å². The van der Waals surface area contributed by atoms with Crippen LogP contribution in [0.15, 0.2) is 83.1 Å². The fourth-order valence-electron chi connectivity index (χ4n) is 3.07. The van der Waals surface area contributed by atoms with Gasteiger partial charge in [0, 0.05) is 0 Å². The molecule has 0 aliphatic rings. The molecule has 4 aromatic rings. The van der Waals surface area contributed by atoms with Crippen molar-refractivity contribution in [3.8, 4) is 11.5 Å². The van der Waals surface area contributed by atoms with Crippen LogP contribution in [0.5, 0.6) is 11.5 Å². The predicted molar refractivity (Wildman–Crippen MR) is 131 cm³/mol. The van der Waals surface area contributed by atoms with Crippen LogP contribution in [0, 0.1) is 0 Å². The number of amides is 1. The zero-order valence-corrected chi connectivity index (χ0v) is 19.0. The molecule has 1 aromatic heterocycles. The molecule has 0 bridgehead atoms. The molecule has 0 saturated carbocycles. The van der Waals surface area contributed by atoms with Crippen LogP contribution in [0.25, 0.3) is 11.0 Å². The van der Waals surface area contributed by atoms with Crippen LogP contribution in [0.3, 0.4) is 0 Å². The number of benzene rings is 3. The first-order valence-corrected chi connectivity index (χ1v) is 11.5. The summed E-state index contributed by atoms with van der Waals surface area (Å²) in [6.45, 7) is 2.88. The molecule has 1 heterocycles. The van der Waals surface area contributed by atoms with Gasteiger partial charge in [0.2, 0.25) is 0 Å².